The average Bonchev–Trinajstić information content (AvgIpc) is 3.42. The lowest BCUT2D eigenvalue weighted by Crippen LogP contribution is -2.30. The summed E-state index contributed by atoms with van der Waals surface area (Å²) in [5.41, 5.74) is 2.04. The largest absolute Gasteiger partial charge is 0.454 e. The van der Waals surface area contributed by atoms with Gasteiger partial charge < -0.3 is 9.47 Å². The monoisotopic (exact) mass is 460 g/mol. The van der Waals surface area contributed by atoms with Gasteiger partial charge in [0.1, 0.15) is 11.5 Å². The Kier molecular flexibility index (Phi) is 5.66. The van der Waals surface area contributed by atoms with Crippen molar-refractivity contribution in [1.82, 2.24) is 0 Å². The Hall–Kier alpha value is -3.91. The number of benzene rings is 3. The van der Waals surface area contributed by atoms with E-state index in [0.717, 1.165) is 17.3 Å². The lowest BCUT2D eigenvalue weighted by atomic mass is 10.1. The number of hydrogen-bond acceptors (Lipinski definition) is 6. The fraction of sp³-hybridized carbons (Fsp3) is 0.0800. The second-order valence-corrected chi connectivity index (χ2v) is 8.17. The van der Waals surface area contributed by atoms with E-state index in [9.17, 15) is 14.0 Å². The first-order valence-corrected chi connectivity index (χ1v) is 11.1. The van der Waals surface area contributed by atoms with E-state index < -0.39 is 5.82 Å². The highest BCUT2D eigenvalue weighted by molar-refractivity contribution is 8.14. The quantitative estimate of drug-likeness (QED) is 0.400. The van der Waals surface area contributed by atoms with Gasteiger partial charge in [0.05, 0.1) is 11.4 Å². The van der Waals surface area contributed by atoms with Crippen molar-refractivity contribution in [2.75, 3.05) is 17.4 Å². The third-order valence-corrected chi connectivity index (χ3v) is 5.98. The van der Waals surface area contributed by atoms with Crippen molar-refractivity contribution in [3.63, 3.8) is 0 Å². The first-order chi connectivity index (χ1) is 16.1. The maximum Gasteiger partial charge on any atom is 0.283 e. The number of Topliss-reactive ketones (excluding diaryl/α,β-unsaturated/α-hetero) is 1. The van der Waals surface area contributed by atoms with Gasteiger partial charge in [-0.2, -0.15) is 0 Å². The topological polar surface area (TPSA) is 68.2 Å². The van der Waals surface area contributed by atoms with E-state index >= 15 is 0 Å². The summed E-state index contributed by atoms with van der Waals surface area (Å²) >= 11 is 1.16. The van der Waals surface area contributed by atoms with Crippen LogP contribution in [0.2, 0.25) is 0 Å². The van der Waals surface area contributed by atoms with Gasteiger partial charge in [-0.05, 0) is 60.2 Å². The number of thioether (sulfide) groups is 1. The molecule has 164 valence electrons. The normalized spacial score (nSPS) is 15.8. The minimum atomic E-state index is -0.404. The molecule has 0 unspecified atom stereocenters. The van der Waals surface area contributed by atoms with Crippen LogP contribution in [0.25, 0.3) is 6.08 Å². The van der Waals surface area contributed by atoms with E-state index in [4.69, 9.17) is 9.47 Å². The Morgan fingerprint density at radius 3 is 2.58 bits per heavy atom. The first-order valence-electron chi connectivity index (χ1n) is 10.1. The molecule has 2 heterocycles. The Morgan fingerprint density at radius 1 is 1.03 bits per heavy atom. The lowest BCUT2D eigenvalue weighted by Gasteiger charge is -2.17. The number of ether oxygens (including phenoxy) is 2. The van der Waals surface area contributed by atoms with Crippen LogP contribution in [0.5, 0.6) is 11.5 Å². The van der Waals surface area contributed by atoms with Gasteiger partial charge >= 0.3 is 0 Å². The zero-order valence-corrected chi connectivity index (χ0v) is 18.0. The van der Waals surface area contributed by atoms with Gasteiger partial charge in [-0.25, -0.2) is 9.38 Å². The van der Waals surface area contributed by atoms with Crippen molar-refractivity contribution in [1.29, 1.82) is 0 Å². The third kappa shape index (κ3) is 4.38. The molecule has 8 heteroatoms. The van der Waals surface area contributed by atoms with Crippen LogP contribution in [0.1, 0.15) is 15.9 Å². The summed E-state index contributed by atoms with van der Waals surface area (Å²) in [7, 11) is 0. The maximum atomic E-state index is 13.3. The third-order valence-electron chi connectivity index (χ3n) is 5.04. The summed E-state index contributed by atoms with van der Waals surface area (Å²) in [6.07, 6.45) is 1.68. The molecule has 0 fully saturated rings. The highest BCUT2D eigenvalue weighted by Gasteiger charge is 2.32. The number of hydrogen-bond donors (Lipinski definition) is 0. The highest BCUT2D eigenvalue weighted by atomic mass is 32.2. The van der Waals surface area contributed by atoms with E-state index in [0.29, 0.717) is 27.9 Å². The van der Waals surface area contributed by atoms with Crippen molar-refractivity contribution in [3.8, 4) is 11.5 Å². The minimum absolute atomic E-state index is 0.0540. The van der Waals surface area contributed by atoms with E-state index in [2.05, 4.69) is 4.99 Å². The number of rotatable bonds is 5. The average molecular weight is 460 g/mol. The summed E-state index contributed by atoms with van der Waals surface area (Å²) in [5, 5.41) is 0.397. The van der Waals surface area contributed by atoms with Crippen molar-refractivity contribution in [2.45, 2.75) is 0 Å². The molecule has 0 aromatic heterocycles. The van der Waals surface area contributed by atoms with Gasteiger partial charge in [0.25, 0.3) is 5.91 Å². The summed E-state index contributed by atoms with van der Waals surface area (Å²) in [6.45, 7) is 0.164. The number of halogens is 1. The number of ketones is 1. The Bertz CT molecular complexity index is 1290. The van der Waals surface area contributed by atoms with Crippen molar-refractivity contribution < 1.29 is 23.5 Å². The van der Waals surface area contributed by atoms with Crippen LogP contribution in [0.4, 0.5) is 10.1 Å². The van der Waals surface area contributed by atoms with Gasteiger partial charge in [-0.1, -0.05) is 36.0 Å². The number of amidine groups is 1. The molecule has 0 aliphatic carbocycles. The summed E-state index contributed by atoms with van der Waals surface area (Å²) in [6, 6.07) is 19.9. The van der Waals surface area contributed by atoms with Crippen LogP contribution in [0.3, 0.4) is 0 Å². The van der Waals surface area contributed by atoms with Gasteiger partial charge in [0.15, 0.2) is 22.4 Å². The van der Waals surface area contributed by atoms with Gasteiger partial charge in [0, 0.05) is 5.56 Å². The minimum Gasteiger partial charge on any atom is -0.454 e. The Balaban J connectivity index is 1.42. The molecule has 0 N–H and O–H groups in total. The molecule has 2 aliphatic rings. The SMILES string of the molecule is O=C(CSC1=N/C(=C\c2ccc3c(c2)OCO3)C(=O)N1c1ccccc1)c1ccc(F)cc1. The summed E-state index contributed by atoms with van der Waals surface area (Å²) < 4.78 is 23.9. The van der Waals surface area contributed by atoms with Crippen molar-refractivity contribution in [3.05, 3.63) is 95.4 Å². The number of anilines is 1. The lowest BCUT2D eigenvalue weighted by molar-refractivity contribution is -0.113. The van der Waals surface area contributed by atoms with Crippen LogP contribution in [0.15, 0.2) is 83.5 Å². The smallest absolute Gasteiger partial charge is 0.283 e. The van der Waals surface area contributed by atoms with E-state index in [1.807, 2.05) is 24.3 Å². The number of fused-ring (bicyclic) bond motifs is 1. The molecule has 0 bridgehead atoms. The van der Waals surface area contributed by atoms with Crippen molar-refractivity contribution >= 4 is 40.4 Å². The molecule has 1 amide bonds. The number of carbonyl (C=O) groups excluding carboxylic acids is 2. The Morgan fingerprint density at radius 2 is 1.79 bits per heavy atom. The van der Waals surface area contributed by atoms with Crippen LogP contribution in [-0.2, 0) is 4.79 Å². The molecule has 3 aromatic rings. The molecular formula is C25H17FN2O4S. The zero-order valence-electron chi connectivity index (χ0n) is 17.2. The number of nitrogens with zero attached hydrogens (tertiary/aromatic N) is 2. The summed E-state index contributed by atoms with van der Waals surface area (Å²) in [5.74, 6) is 0.432. The zero-order chi connectivity index (χ0) is 22.8. The van der Waals surface area contributed by atoms with E-state index in [1.165, 1.54) is 29.2 Å². The highest BCUT2D eigenvalue weighted by Crippen LogP contribution is 2.34. The molecular weight excluding hydrogens is 443 g/mol. The molecule has 0 spiro atoms. The van der Waals surface area contributed by atoms with Crippen LogP contribution in [-0.4, -0.2) is 29.4 Å². The summed E-state index contributed by atoms with van der Waals surface area (Å²) in [4.78, 5) is 31.8. The van der Waals surface area contributed by atoms with E-state index in [1.54, 1.807) is 30.3 Å². The maximum absolute atomic E-state index is 13.3. The molecule has 33 heavy (non-hydrogen) atoms. The number of carbonyl (C=O) groups is 2. The van der Waals surface area contributed by atoms with E-state index in [-0.39, 0.29) is 29.9 Å². The standard InChI is InChI=1S/C25H17FN2O4S/c26-18-9-7-17(8-10-18)21(29)14-33-25-27-20(24(30)28(25)19-4-2-1-3-5-19)12-16-6-11-22-23(13-16)32-15-31-22/h1-13H,14-15H2/b20-12-. The number of para-hydroxylation sites is 1. The van der Waals surface area contributed by atoms with Crippen LogP contribution >= 0.6 is 11.8 Å². The fourth-order valence-corrected chi connectivity index (χ4v) is 4.32. The van der Waals surface area contributed by atoms with Gasteiger partial charge in [-0.3, -0.25) is 14.5 Å². The molecule has 0 saturated carbocycles. The molecule has 0 radical (unpaired) electrons. The van der Waals surface area contributed by atoms with Crippen LogP contribution in [0, 0.1) is 5.82 Å². The Labute approximate surface area is 193 Å². The molecule has 3 aromatic carbocycles. The first kappa shape index (κ1) is 21.0. The van der Waals surface area contributed by atoms with Crippen LogP contribution < -0.4 is 14.4 Å². The number of amides is 1. The fourth-order valence-electron chi connectivity index (χ4n) is 3.41. The molecule has 0 atom stereocenters. The predicted molar refractivity (Wildman–Crippen MR) is 125 cm³/mol. The van der Waals surface area contributed by atoms with Crippen molar-refractivity contribution in [2.24, 2.45) is 4.99 Å². The van der Waals surface area contributed by atoms with Gasteiger partial charge in [-0.15, -0.1) is 0 Å². The molecule has 5 rings (SSSR count). The predicted octanol–water partition coefficient (Wildman–Crippen LogP) is 4.91. The second-order valence-electron chi connectivity index (χ2n) is 7.23. The number of aliphatic imine (C=N–C) groups is 1. The van der Waals surface area contributed by atoms with Gasteiger partial charge in [0.2, 0.25) is 6.79 Å². The second kappa shape index (κ2) is 8.91. The molecule has 0 saturated heterocycles. The molecule has 2 aliphatic heterocycles. The molecule has 6 nitrogen and oxygen atoms in total.